The molecule has 0 spiro atoms. The predicted octanol–water partition coefficient (Wildman–Crippen LogP) is 2.00. The molecule has 90 valence electrons. The zero-order valence-corrected chi connectivity index (χ0v) is 10.4. The molecule has 0 fully saturated rings. The van der Waals surface area contributed by atoms with Crippen LogP contribution in [0.2, 0.25) is 5.02 Å². The van der Waals surface area contributed by atoms with E-state index in [9.17, 15) is 5.11 Å². The molecule has 0 aliphatic heterocycles. The van der Waals surface area contributed by atoms with Crippen molar-refractivity contribution in [3.05, 3.63) is 34.9 Å². The van der Waals surface area contributed by atoms with Gasteiger partial charge in [0.25, 0.3) is 0 Å². The molecule has 0 aromatic heterocycles. The van der Waals surface area contributed by atoms with Crippen LogP contribution in [-0.2, 0) is 4.74 Å². The van der Waals surface area contributed by atoms with Crippen molar-refractivity contribution in [3.63, 3.8) is 0 Å². The van der Waals surface area contributed by atoms with Crippen molar-refractivity contribution in [2.45, 2.75) is 19.1 Å². The normalized spacial score (nSPS) is 14.8. The molecule has 0 heterocycles. The van der Waals surface area contributed by atoms with Gasteiger partial charge in [-0.15, -0.1) is 0 Å². The van der Waals surface area contributed by atoms with E-state index in [1.165, 1.54) is 0 Å². The lowest BCUT2D eigenvalue weighted by Gasteiger charge is -2.17. The van der Waals surface area contributed by atoms with Crippen LogP contribution in [0.4, 0.5) is 0 Å². The summed E-state index contributed by atoms with van der Waals surface area (Å²) >= 11 is 5.90. The molecule has 1 aromatic rings. The fraction of sp³-hybridized carbons (Fsp3) is 0.500. The standard InChI is InChI=1S/C12H18ClNO2/c1-9(14-7-12(15)8-16-2)10-4-3-5-11(13)6-10/h3-6,9,12,14-15H,7-8H2,1-2H3/t9-,12?/m1/s1. The number of aliphatic hydroxyl groups excluding tert-OH is 1. The van der Waals surface area contributed by atoms with E-state index in [-0.39, 0.29) is 6.04 Å². The van der Waals surface area contributed by atoms with Crippen molar-refractivity contribution in [2.75, 3.05) is 20.3 Å². The molecule has 0 radical (unpaired) electrons. The van der Waals surface area contributed by atoms with E-state index in [4.69, 9.17) is 16.3 Å². The number of ether oxygens (including phenoxy) is 1. The molecule has 1 unspecified atom stereocenters. The lowest BCUT2D eigenvalue weighted by molar-refractivity contribution is 0.0630. The van der Waals surface area contributed by atoms with Gasteiger partial charge in [0.15, 0.2) is 0 Å². The van der Waals surface area contributed by atoms with Gasteiger partial charge in [0.1, 0.15) is 0 Å². The molecule has 1 rings (SSSR count). The Bertz CT molecular complexity index is 320. The smallest absolute Gasteiger partial charge is 0.0897 e. The maximum Gasteiger partial charge on any atom is 0.0897 e. The molecule has 3 nitrogen and oxygen atoms in total. The van der Waals surface area contributed by atoms with E-state index in [1.807, 2.05) is 31.2 Å². The van der Waals surface area contributed by atoms with Crippen LogP contribution in [-0.4, -0.2) is 31.5 Å². The Morgan fingerprint density at radius 3 is 2.88 bits per heavy atom. The van der Waals surface area contributed by atoms with E-state index in [2.05, 4.69) is 5.32 Å². The molecule has 2 N–H and O–H groups in total. The monoisotopic (exact) mass is 243 g/mol. The minimum Gasteiger partial charge on any atom is -0.389 e. The van der Waals surface area contributed by atoms with Crippen molar-refractivity contribution in [2.24, 2.45) is 0 Å². The fourth-order valence-electron chi connectivity index (χ4n) is 1.46. The van der Waals surface area contributed by atoms with Gasteiger partial charge in [0.2, 0.25) is 0 Å². The first-order valence-corrected chi connectivity index (χ1v) is 5.67. The minimum atomic E-state index is -0.480. The maximum atomic E-state index is 9.49. The van der Waals surface area contributed by atoms with Gasteiger partial charge in [-0.25, -0.2) is 0 Å². The molecular weight excluding hydrogens is 226 g/mol. The van der Waals surface area contributed by atoms with Crippen molar-refractivity contribution in [1.29, 1.82) is 0 Å². The van der Waals surface area contributed by atoms with Crippen molar-refractivity contribution < 1.29 is 9.84 Å². The van der Waals surface area contributed by atoms with Gasteiger partial charge >= 0.3 is 0 Å². The summed E-state index contributed by atoms with van der Waals surface area (Å²) < 4.78 is 4.85. The fourth-order valence-corrected chi connectivity index (χ4v) is 1.66. The third-order valence-electron chi connectivity index (χ3n) is 2.37. The van der Waals surface area contributed by atoms with Crippen LogP contribution in [0, 0.1) is 0 Å². The summed E-state index contributed by atoms with van der Waals surface area (Å²) in [7, 11) is 1.57. The number of aliphatic hydroxyl groups is 1. The highest BCUT2D eigenvalue weighted by Crippen LogP contribution is 2.17. The van der Waals surface area contributed by atoms with Crippen LogP contribution in [0.25, 0.3) is 0 Å². The van der Waals surface area contributed by atoms with Gasteiger partial charge in [0, 0.05) is 24.7 Å². The number of hydrogen-bond acceptors (Lipinski definition) is 3. The largest absolute Gasteiger partial charge is 0.389 e. The van der Waals surface area contributed by atoms with Gasteiger partial charge in [0.05, 0.1) is 12.7 Å². The van der Waals surface area contributed by atoms with E-state index >= 15 is 0 Å². The quantitative estimate of drug-likeness (QED) is 0.803. The van der Waals surface area contributed by atoms with Crippen LogP contribution >= 0.6 is 11.6 Å². The first kappa shape index (κ1) is 13.5. The van der Waals surface area contributed by atoms with E-state index in [0.717, 1.165) is 10.6 Å². The highest BCUT2D eigenvalue weighted by molar-refractivity contribution is 6.30. The zero-order valence-electron chi connectivity index (χ0n) is 9.61. The first-order valence-electron chi connectivity index (χ1n) is 5.29. The van der Waals surface area contributed by atoms with Crippen molar-refractivity contribution in [3.8, 4) is 0 Å². The summed E-state index contributed by atoms with van der Waals surface area (Å²) in [4.78, 5) is 0. The summed E-state index contributed by atoms with van der Waals surface area (Å²) in [6.07, 6.45) is -0.480. The van der Waals surface area contributed by atoms with E-state index in [1.54, 1.807) is 7.11 Å². The minimum absolute atomic E-state index is 0.158. The van der Waals surface area contributed by atoms with Crippen molar-refractivity contribution in [1.82, 2.24) is 5.32 Å². The Hall–Kier alpha value is -0.610. The van der Waals surface area contributed by atoms with Gasteiger partial charge in [-0.05, 0) is 24.6 Å². The van der Waals surface area contributed by atoms with Crippen LogP contribution in [0.15, 0.2) is 24.3 Å². The molecular formula is C12H18ClNO2. The van der Waals surface area contributed by atoms with Gasteiger partial charge in [-0.1, -0.05) is 23.7 Å². The average molecular weight is 244 g/mol. The van der Waals surface area contributed by atoms with Crippen LogP contribution in [0.5, 0.6) is 0 Å². The van der Waals surface area contributed by atoms with E-state index < -0.39 is 6.10 Å². The number of benzene rings is 1. The molecule has 2 atom stereocenters. The zero-order chi connectivity index (χ0) is 12.0. The second-order valence-electron chi connectivity index (χ2n) is 3.79. The SMILES string of the molecule is COCC(O)CN[C@H](C)c1cccc(Cl)c1. The third-order valence-corrected chi connectivity index (χ3v) is 2.60. The molecule has 0 aliphatic carbocycles. The highest BCUT2D eigenvalue weighted by atomic mass is 35.5. The Balaban J connectivity index is 2.43. The first-order chi connectivity index (χ1) is 7.63. The van der Waals surface area contributed by atoms with Crippen molar-refractivity contribution >= 4 is 11.6 Å². The topological polar surface area (TPSA) is 41.5 Å². The van der Waals surface area contributed by atoms with Gasteiger partial charge in [-0.2, -0.15) is 0 Å². The summed E-state index contributed by atoms with van der Waals surface area (Å²) in [6.45, 7) is 2.88. The number of hydrogen-bond donors (Lipinski definition) is 2. The van der Waals surface area contributed by atoms with Gasteiger partial charge in [-0.3, -0.25) is 0 Å². The van der Waals surface area contributed by atoms with E-state index in [0.29, 0.717) is 13.2 Å². The number of rotatable bonds is 6. The molecule has 0 bridgehead atoms. The lowest BCUT2D eigenvalue weighted by Crippen LogP contribution is -2.31. The summed E-state index contributed by atoms with van der Waals surface area (Å²) in [6, 6.07) is 7.85. The van der Waals surface area contributed by atoms with Gasteiger partial charge < -0.3 is 15.2 Å². The summed E-state index contributed by atoms with van der Waals surface area (Å²) in [5, 5.41) is 13.4. The lowest BCUT2D eigenvalue weighted by atomic mass is 10.1. The molecule has 0 amide bonds. The third kappa shape index (κ3) is 4.49. The molecule has 0 saturated carbocycles. The molecule has 1 aromatic carbocycles. The second-order valence-corrected chi connectivity index (χ2v) is 4.23. The number of nitrogens with one attached hydrogen (secondary N) is 1. The average Bonchev–Trinajstić information content (AvgIpc) is 2.26. The molecule has 0 saturated heterocycles. The molecule has 0 aliphatic rings. The predicted molar refractivity (Wildman–Crippen MR) is 65.8 cm³/mol. The molecule has 4 heteroatoms. The molecule has 16 heavy (non-hydrogen) atoms. The highest BCUT2D eigenvalue weighted by Gasteiger charge is 2.08. The van der Waals surface area contributed by atoms with Crippen LogP contribution in [0.3, 0.4) is 0 Å². The Labute approximate surface area is 101 Å². The second kappa shape index (κ2) is 6.86. The Morgan fingerprint density at radius 2 is 2.25 bits per heavy atom. The van der Waals surface area contributed by atoms with Crippen LogP contribution in [0.1, 0.15) is 18.5 Å². The van der Waals surface area contributed by atoms with Crippen LogP contribution < -0.4 is 5.32 Å². The number of halogens is 1. The Kier molecular flexibility index (Phi) is 5.77. The summed E-state index contributed by atoms with van der Waals surface area (Å²) in [5.74, 6) is 0. The Morgan fingerprint density at radius 1 is 1.50 bits per heavy atom. The summed E-state index contributed by atoms with van der Waals surface area (Å²) in [5.41, 5.74) is 1.11. The maximum absolute atomic E-state index is 9.49. The number of methoxy groups -OCH3 is 1.